The van der Waals surface area contributed by atoms with Crippen molar-refractivity contribution in [2.24, 2.45) is 0 Å². The van der Waals surface area contributed by atoms with Crippen LogP contribution in [0.2, 0.25) is 0 Å². The third kappa shape index (κ3) is 2.66. The van der Waals surface area contributed by atoms with Crippen molar-refractivity contribution in [1.29, 1.82) is 0 Å². The van der Waals surface area contributed by atoms with Crippen LogP contribution in [0, 0.1) is 6.92 Å². The number of carbonyl (C=O) groups excluding carboxylic acids is 2. The van der Waals surface area contributed by atoms with Crippen LogP contribution >= 0.6 is 0 Å². The van der Waals surface area contributed by atoms with Crippen LogP contribution in [0.3, 0.4) is 0 Å². The van der Waals surface area contributed by atoms with Crippen LogP contribution in [0.15, 0.2) is 42.2 Å². The minimum Gasteiger partial charge on any atom is -0.404 e. The van der Waals surface area contributed by atoms with Crippen LogP contribution in [-0.4, -0.2) is 12.0 Å². The number of alkyl carbamates (subject to hydrolysis) is 1. The summed E-state index contributed by atoms with van der Waals surface area (Å²) in [5, 5.41) is 2.04. The van der Waals surface area contributed by atoms with Crippen molar-refractivity contribution in [3.63, 3.8) is 0 Å². The van der Waals surface area contributed by atoms with Crippen molar-refractivity contribution in [1.82, 2.24) is 5.32 Å². The lowest BCUT2D eigenvalue weighted by Crippen LogP contribution is -2.18. The van der Waals surface area contributed by atoms with Gasteiger partial charge in [0.25, 0.3) is 5.91 Å². The molecule has 2 rings (SSSR count). The van der Waals surface area contributed by atoms with Gasteiger partial charge in [-0.05, 0) is 31.1 Å². The molecule has 0 bridgehead atoms. The van der Waals surface area contributed by atoms with E-state index in [0.29, 0.717) is 0 Å². The second kappa shape index (κ2) is 4.87. The van der Waals surface area contributed by atoms with Crippen molar-refractivity contribution >= 4 is 17.6 Å². The highest BCUT2D eigenvalue weighted by Crippen LogP contribution is 2.15. The van der Waals surface area contributed by atoms with Gasteiger partial charge in [-0.3, -0.25) is 10.1 Å². The van der Waals surface area contributed by atoms with Gasteiger partial charge in [0.2, 0.25) is 0 Å². The molecule has 0 aromatic heterocycles. The molecule has 1 aliphatic heterocycles. The van der Waals surface area contributed by atoms with Gasteiger partial charge in [-0.2, -0.15) is 0 Å². The highest BCUT2D eigenvalue weighted by molar-refractivity contribution is 6.07. The third-order valence-corrected chi connectivity index (χ3v) is 2.63. The average molecular weight is 243 g/mol. The molecule has 4 heteroatoms. The molecule has 1 fully saturated rings. The van der Waals surface area contributed by atoms with Crippen molar-refractivity contribution in [3.8, 4) is 0 Å². The molecular weight excluding hydrogens is 230 g/mol. The average Bonchev–Trinajstić information content (AvgIpc) is 2.66. The zero-order valence-corrected chi connectivity index (χ0v) is 10.2. The van der Waals surface area contributed by atoms with Crippen LogP contribution in [0.25, 0.3) is 5.57 Å². The lowest BCUT2D eigenvalue weighted by Gasteiger charge is -2.00. The van der Waals surface area contributed by atoms with E-state index in [2.05, 4.69) is 0 Å². The van der Waals surface area contributed by atoms with E-state index in [9.17, 15) is 9.59 Å². The van der Waals surface area contributed by atoms with E-state index in [4.69, 9.17) is 4.74 Å². The Morgan fingerprint density at radius 3 is 2.44 bits per heavy atom. The Bertz CT molecular complexity index is 553. The van der Waals surface area contributed by atoms with E-state index < -0.39 is 12.0 Å². The van der Waals surface area contributed by atoms with Crippen LogP contribution in [0.5, 0.6) is 0 Å². The predicted molar refractivity (Wildman–Crippen MR) is 67.5 cm³/mol. The summed E-state index contributed by atoms with van der Waals surface area (Å²) >= 11 is 0. The number of hydrogen-bond donors (Lipinski definition) is 1. The molecule has 4 nitrogen and oxygen atoms in total. The van der Waals surface area contributed by atoms with Crippen molar-refractivity contribution in [2.75, 3.05) is 0 Å². The fraction of sp³-hybridized carbons (Fsp3) is 0.143. The lowest BCUT2D eigenvalue weighted by molar-refractivity contribution is -0.116. The highest BCUT2D eigenvalue weighted by atomic mass is 16.6. The van der Waals surface area contributed by atoms with Gasteiger partial charge >= 0.3 is 6.09 Å². The maximum absolute atomic E-state index is 11.2. The normalized spacial score (nSPS) is 17.9. The molecule has 0 radical (unpaired) electrons. The standard InChI is InChI=1S/C14H13NO3/c1-9-3-6-11(7-4-9)10(2)5-8-12-13(16)15-14(17)18-12/h3-8H,1-2H3,(H,15,16,17)/b10-5-,12-8+. The molecule has 0 aliphatic carbocycles. The molecular formula is C14H13NO3. The number of ether oxygens (including phenoxy) is 1. The molecule has 0 atom stereocenters. The van der Waals surface area contributed by atoms with Crippen molar-refractivity contribution in [2.45, 2.75) is 13.8 Å². The maximum atomic E-state index is 11.2. The number of benzene rings is 1. The van der Waals surface area contributed by atoms with E-state index in [-0.39, 0.29) is 5.76 Å². The van der Waals surface area contributed by atoms with Gasteiger partial charge in [0.15, 0.2) is 5.76 Å². The SMILES string of the molecule is C/C(=C/C=C1/OC(=O)NC1=O)c1ccc(C)cc1. The molecule has 18 heavy (non-hydrogen) atoms. The zero-order valence-electron chi connectivity index (χ0n) is 10.2. The van der Waals surface area contributed by atoms with Gasteiger partial charge in [0.1, 0.15) is 0 Å². The van der Waals surface area contributed by atoms with Gasteiger partial charge in [0, 0.05) is 0 Å². The minimum atomic E-state index is -0.729. The largest absolute Gasteiger partial charge is 0.419 e. The number of cyclic esters (lactones) is 1. The third-order valence-electron chi connectivity index (χ3n) is 2.63. The first-order valence-corrected chi connectivity index (χ1v) is 5.55. The Morgan fingerprint density at radius 2 is 1.89 bits per heavy atom. The fourth-order valence-electron chi connectivity index (χ4n) is 1.55. The van der Waals surface area contributed by atoms with Gasteiger partial charge < -0.3 is 4.74 Å². The molecule has 0 spiro atoms. The van der Waals surface area contributed by atoms with E-state index in [1.807, 2.05) is 43.4 Å². The first-order valence-electron chi connectivity index (χ1n) is 5.55. The summed E-state index contributed by atoms with van der Waals surface area (Å²) in [5.74, 6) is -0.487. The predicted octanol–water partition coefficient (Wildman–Crippen LogP) is 2.55. The highest BCUT2D eigenvalue weighted by Gasteiger charge is 2.25. The summed E-state index contributed by atoms with van der Waals surface area (Å²) in [6.07, 6.45) is 2.51. The first-order chi connectivity index (χ1) is 8.56. The Hall–Kier alpha value is -2.36. The number of imide groups is 1. The number of rotatable bonds is 2. The second-order valence-corrected chi connectivity index (χ2v) is 4.09. The number of hydrogen-bond acceptors (Lipinski definition) is 3. The Kier molecular flexibility index (Phi) is 3.28. The smallest absolute Gasteiger partial charge is 0.404 e. The molecule has 1 aliphatic rings. The molecule has 2 amide bonds. The summed E-state index contributed by atoms with van der Waals surface area (Å²) in [7, 11) is 0. The van der Waals surface area contributed by atoms with Crippen molar-refractivity contribution in [3.05, 3.63) is 53.3 Å². The summed E-state index contributed by atoms with van der Waals surface area (Å²) in [6.45, 7) is 3.95. The Balaban J connectivity index is 2.19. The fourth-order valence-corrected chi connectivity index (χ4v) is 1.55. The summed E-state index contributed by atoms with van der Waals surface area (Å²) in [6, 6.07) is 8.03. The maximum Gasteiger partial charge on any atom is 0.419 e. The van der Waals surface area contributed by atoms with Gasteiger partial charge in [0.05, 0.1) is 0 Å². The summed E-state index contributed by atoms with van der Waals surface area (Å²) < 4.78 is 4.70. The van der Waals surface area contributed by atoms with E-state index >= 15 is 0 Å². The van der Waals surface area contributed by atoms with Crippen LogP contribution < -0.4 is 5.32 Å². The summed E-state index contributed by atoms with van der Waals surface area (Å²) in [4.78, 5) is 22.0. The molecule has 1 aromatic rings. The van der Waals surface area contributed by atoms with Crippen LogP contribution in [0.1, 0.15) is 18.1 Å². The van der Waals surface area contributed by atoms with Crippen LogP contribution in [0.4, 0.5) is 4.79 Å². The van der Waals surface area contributed by atoms with Gasteiger partial charge in [-0.15, -0.1) is 0 Å². The first kappa shape index (κ1) is 12.1. The number of carbonyl (C=O) groups is 2. The number of amides is 2. The topological polar surface area (TPSA) is 55.4 Å². The number of nitrogens with one attached hydrogen (secondary N) is 1. The summed E-state index contributed by atoms with van der Waals surface area (Å²) in [5.41, 5.74) is 3.23. The monoisotopic (exact) mass is 243 g/mol. The van der Waals surface area contributed by atoms with E-state index in [1.54, 1.807) is 6.08 Å². The molecule has 0 unspecified atom stereocenters. The Labute approximate surface area is 105 Å². The lowest BCUT2D eigenvalue weighted by atomic mass is 10.1. The number of allylic oxidation sites excluding steroid dienone is 3. The molecule has 92 valence electrons. The second-order valence-electron chi connectivity index (χ2n) is 4.09. The molecule has 0 saturated carbocycles. The minimum absolute atomic E-state index is 0.0199. The van der Waals surface area contributed by atoms with Crippen molar-refractivity contribution < 1.29 is 14.3 Å². The number of aryl methyl sites for hydroxylation is 1. The molecule has 1 aromatic carbocycles. The Morgan fingerprint density at radius 1 is 1.22 bits per heavy atom. The molecule has 1 saturated heterocycles. The quantitative estimate of drug-likeness (QED) is 0.812. The van der Waals surface area contributed by atoms with Gasteiger partial charge in [-0.1, -0.05) is 35.9 Å². The van der Waals surface area contributed by atoms with E-state index in [1.165, 1.54) is 11.6 Å². The van der Waals surface area contributed by atoms with Crippen LogP contribution in [-0.2, 0) is 9.53 Å². The van der Waals surface area contributed by atoms with E-state index in [0.717, 1.165) is 11.1 Å². The molecule has 1 N–H and O–H groups in total. The van der Waals surface area contributed by atoms with Gasteiger partial charge in [-0.25, -0.2) is 4.79 Å². The zero-order chi connectivity index (χ0) is 13.1. The molecule has 1 heterocycles.